The number of carbonyl (C=O) groups is 4. The van der Waals surface area contributed by atoms with Crippen LogP contribution in [0.15, 0.2) is 158 Å². The van der Waals surface area contributed by atoms with Crippen LogP contribution in [0.3, 0.4) is 0 Å². The van der Waals surface area contributed by atoms with Crippen molar-refractivity contribution < 1.29 is 43.2 Å². The molecule has 7 aromatic rings. The van der Waals surface area contributed by atoms with E-state index in [1.54, 1.807) is 42.5 Å². The second-order valence-corrected chi connectivity index (χ2v) is 18.9. The number of nitrogens with zero attached hydrogens (tertiary/aromatic N) is 4. The lowest BCUT2D eigenvalue weighted by molar-refractivity contribution is -0.177. The Labute approximate surface area is 420 Å². The Morgan fingerprint density at radius 3 is 2.22 bits per heavy atom. The van der Waals surface area contributed by atoms with Crippen molar-refractivity contribution in [3.8, 4) is 17.6 Å². The van der Waals surface area contributed by atoms with Crippen LogP contribution in [0.5, 0.6) is 5.75 Å². The van der Waals surface area contributed by atoms with E-state index in [9.17, 15) is 9.90 Å². The summed E-state index contributed by atoms with van der Waals surface area (Å²) in [5.41, 5.74) is 2.66. The Kier molecular flexibility index (Phi) is 13.9. The number of nitrogens with one attached hydrogen (secondary N) is 1. The van der Waals surface area contributed by atoms with Crippen LogP contribution < -0.4 is 15.0 Å². The van der Waals surface area contributed by atoms with E-state index in [0.717, 1.165) is 20.7 Å². The van der Waals surface area contributed by atoms with Gasteiger partial charge in [0.1, 0.15) is 36.5 Å². The number of ether oxygens (including phenoxy) is 4. The van der Waals surface area contributed by atoms with Gasteiger partial charge in [0, 0.05) is 19.2 Å². The van der Waals surface area contributed by atoms with Crippen LogP contribution in [-0.2, 0) is 40.6 Å². The molecular weight excluding hydrogens is 931 g/mol. The second kappa shape index (κ2) is 20.9. The molecule has 6 aromatic carbocycles. The molecule has 14 nitrogen and oxygen atoms in total. The fraction of sp³-hybridized carbons (Fsp3) is 0.246. The van der Waals surface area contributed by atoms with Crippen molar-refractivity contribution in [1.29, 1.82) is 0 Å². The first-order chi connectivity index (χ1) is 35.2. The average molecular weight is 982 g/mol. The Morgan fingerprint density at radius 2 is 1.51 bits per heavy atom. The number of anilines is 2. The Hall–Kier alpha value is -7.71. The van der Waals surface area contributed by atoms with E-state index < -0.39 is 59.4 Å². The van der Waals surface area contributed by atoms with Crippen molar-refractivity contribution in [3.05, 3.63) is 191 Å². The number of benzene rings is 6. The summed E-state index contributed by atoms with van der Waals surface area (Å²) in [5, 5.41) is 12.9. The van der Waals surface area contributed by atoms with E-state index in [1.165, 1.54) is 18.4 Å². The monoisotopic (exact) mass is 981 g/mol. The molecule has 6 atom stereocenters. The largest absolute Gasteiger partial charge is 0.491 e. The highest BCUT2D eigenvalue weighted by atomic mass is 32.1. The molecule has 0 saturated carbocycles. The van der Waals surface area contributed by atoms with Crippen molar-refractivity contribution in [2.24, 2.45) is 5.92 Å². The molecule has 364 valence electrons. The number of aromatic nitrogens is 1. The molecule has 10 rings (SSSR count). The van der Waals surface area contributed by atoms with Gasteiger partial charge in [0.05, 0.1) is 53.7 Å². The van der Waals surface area contributed by atoms with Gasteiger partial charge in [0.15, 0.2) is 5.13 Å². The maximum Gasteiger partial charge on any atom is 0.421 e. The number of esters is 1. The number of morpholine rings is 1. The molecule has 1 aromatic heterocycles. The quantitative estimate of drug-likeness (QED) is 0.0612. The minimum atomic E-state index is -2.06. The maximum atomic E-state index is 16.5. The molecule has 2 fully saturated rings. The van der Waals surface area contributed by atoms with Crippen LogP contribution >= 0.6 is 11.3 Å². The molecule has 0 bridgehead atoms. The van der Waals surface area contributed by atoms with Crippen molar-refractivity contribution >= 4 is 56.2 Å². The van der Waals surface area contributed by atoms with Crippen molar-refractivity contribution in [1.82, 2.24) is 14.8 Å². The first-order valence-corrected chi connectivity index (χ1v) is 24.5. The molecule has 6 unspecified atom stereocenters. The van der Waals surface area contributed by atoms with E-state index in [1.807, 2.05) is 115 Å². The zero-order valence-electron chi connectivity index (χ0n) is 39.6. The number of aliphatic hydroxyl groups is 1. The molecule has 15 heteroatoms. The number of rotatable bonds is 14. The van der Waals surface area contributed by atoms with E-state index in [4.69, 9.17) is 23.9 Å². The third-order valence-corrected chi connectivity index (χ3v) is 14.3. The van der Waals surface area contributed by atoms with Crippen LogP contribution in [0, 0.1) is 17.8 Å². The van der Waals surface area contributed by atoms with Gasteiger partial charge in [0.25, 0.3) is 0 Å². The zero-order chi connectivity index (χ0) is 49.8. The van der Waals surface area contributed by atoms with Gasteiger partial charge in [-0.05, 0) is 77.3 Å². The fourth-order valence-corrected chi connectivity index (χ4v) is 11.4. The molecular formula is C57H51N5O9S. The van der Waals surface area contributed by atoms with Gasteiger partial charge < -0.3 is 29.4 Å². The van der Waals surface area contributed by atoms with Crippen LogP contribution in [0.2, 0.25) is 0 Å². The number of cyclic esters (lactones) is 1. The molecule has 0 aliphatic carbocycles. The molecule has 1 spiro atoms. The molecule has 3 aliphatic rings. The first kappa shape index (κ1) is 47.9. The minimum absolute atomic E-state index is 0.0352. The summed E-state index contributed by atoms with van der Waals surface area (Å²) in [6.45, 7) is 0.766. The van der Waals surface area contributed by atoms with Gasteiger partial charge >= 0.3 is 12.1 Å². The van der Waals surface area contributed by atoms with Gasteiger partial charge in [-0.15, -0.1) is 0 Å². The van der Waals surface area contributed by atoms with Crippen LogP contribution in [0.1, 0.15) is 51.6 Å². The van der Waals surface area contributed by atoms with E-state index >= 15 is 14.4 Å². The first-order valence-electron chi connectivity index (χ1n) is 23.6. The number of aliphatic hydroxyl groups excluding tert-OH is 1. The highest BCUT2D eigenvalue weighted by molar-refractivity contribution is 7.22. The van der Waals surface area contributed by atoms with Gasteiger partial charge in [-0.2, -0.15) is 0 Å². The lowest BCUT2D eigenvalue weighted by atomic mass is 9.65. The molecule has 0 radical (unpaired) electrons. The summed E-state index contributed by atoms with van der Waals surface area (Å²) in [5.74, 6) is 3.26. The molecule has 3 aliphatic heterocycles. The molecule has 72 heavy (non-hydrogen) atoms. The summed E-state index contributed by atoms with van der Waals surface area (Å²) in [6, 6.07) is 45.2. The number of thiazole rings is 1. The SMILES string of the molecule is COCCOC(=O)N1C(=O)C2(c3cc(C#CCN(C)Cc4ccccc4)ccc31)C(C(=O)Nc1nc3ccccc3s1)C1C(=O)OC(c3ccccc3)C(c3ccccc3)N1C2c1ccc(OCCO)cc1. The van der Waals surface area contributed by atoms with E-state index in [2.05, 4.69) is 34.2 Å². The van der Waals surface area contributed by atoms with E-state index in [-0.39, 0.29) is 37.2 Å². The molecule has 2 N–H and O–H groups in total. The lowest BCUT2D eigenvalue weighted by Gasteiger charge is -2.46. The summed E-state index contributed by atoms with van der Waals surface area (Å²) >= 11 is 1.25. The number of para-hydroxylation sites is 1. The Bertz CT molecular complexity index is 3130. The maximum absolute atomic E-state index is 16.5. The predicted octanol–water partition coefficient (Wildman–Crippen LogP) is 8.24. The summed E-state index contributed by atoms with van der Waals surface area (Å²) < 4.78 is 24.2. The van der Waals surface area contributed by atoms with E-state index in [0.29, 0.717) is 46.6 Å². The number of fused-ring (bicyclic) bond motifs is 4. The van der Waals surface area contributed by atoms with Crippen LogP contribution in [0.25, 0.3) is 10.2 Å². The zero-order valence-corrected chi connectivity index (χ0v) is 40.4. The molecule has 4 heterocycles. The normalized spacial score (nSPS) is 21.2. The van der Waals surface area contributed by atoms with Crippen molar-refractivity contribution in [2.75, 3.05) is 57.3 Å². The fourth-order valence-electron chi connectivity index (χ4n) is 10.5. The summed E-state index contributed by atoms with van der Waals surface area (Å²) in [7, 11) is 3.45. The highest BCUT2D eigenvalue weighted by Gasteiger charge is 2.76. The number of amides is 3. The van der Waals surface area contributed by atoms with Gasteiger partial charge in [-0.25, -0.2) is 14.7 Å². The highest BCUT2D eigenvalue weighted by Crippen LogP contribution is 2.66. The van der Waals surface area contributed by atoms with Gasteiger partial charge in [-0.1, -0.05) is 138 Å². The smallest absolute Gasteiger partial charge is 0.421 e. The summed E-state index contributed by atoms with van der Waals surface area (Å²) in [6.07, 6.45) is -1.91. The topological polar surface area (TPSA) is 160 Å². The van der Waals surface area contributed by atoms with Gasteiger partial charge in [0.2, 0.25) is 11.8 Å². The molecule has 3 amide bonds. The second-order valence-electron chi connectivity index (χ2n) is 17.8. The number of imide groups is 1. The summed E-state index contributed by atoms with van der Waals surface area (Å²) in [4.78, 5) is 72.3. The van der Waals surface area contributed by atoms with Gasteiger partial charge in [-0.3, -0.25) is 24.2 Å². The third kappa shape index (κ3) is 8.99. The minimum Gasteiger partial charge on any atom is -0.491 e. The number of hydrogen-bond donors (Lipinski definition) is 2. The van der Waals surface area contributed by atoms with Crippen LogP contribution in [-0.4, -0.2) is 96.9 Å². The van der Waals surface area contributed by atoms with Crippen molar-refractivity contribution in [3.63, 3.8) is 0 Å². The Morgan fingerprint density at radius 1 is 0.819 bits per heavy atom. The lowest BCUT2D eigenvalue weighted by Crippen LogP contribution is -2.54. The standard InChI is InChI=1S/C57H51N5O9S/c1-60(36-38-15-6-3-7-16-38)30-14-17-37-24-29-45-43(35-37)57(54(66)61(45)56(67)70-34-33-68-2)47(52(64)59-55-58-44-22-12-13-23-46(44)72-55)49-53(65)71-50(40-20-10-5-11-21-40)48(39-18-8-4-9-19-39)62(49)51(57)41-25-27-42(28-26-41)69-32-31-63/h3-13,15-16,18-29,35,47-51,63H,30-34,36H2,1-2H3,(H,58,59,64). The van der Waals surface area contributed by atoms with Crippen LogP contribution in [0.4, 0.5) is 15.6 Å². The average Bonchev–Trinajstić information content (AvgIpc) is 4.04. The number of carbonyl (C=O) groups excluding carboxylic acids is 4. The predicted molar refractivity (Wildman–Crippen MR) is 272 cm³/mol. The number of hydrogen-bond acceptors (Lipinski definition) is 13. The molecule has 2 saturated heterocycles. The van der Waals surface area contributed by atoms with Crippen molar-refractivity contribution in [2.45, 2.75) is 36.2 Å². The number of methoxy groups -OCH3 is 1. The Balaban J connectivity index is 1.22. The third-order valence-electron chi connectivity index (χ3n) is 13.4.